The number of rotatable bonds is 2. The Hall–Kier alpha value is -0.120. The second-order valence-electron chi connectivity index (χ2n) is 5.13. The van der Waals surface area contributed by atoms with Crippen LogP contribution in [0.25, 0.3) is 0 Å². The molecule has 1 atom stereocenters. The van der Waals surface area contributed by atoms with Crippen LogP contribution in [0.3, 0.4) is 0 Å². The Morgan fingerprint density at radius 3 is 2.72 bits per heavy atom. The van der Waals surface area contributed by atoms with Crippen molar-refractivity contribution in [1.82, 2.24) is 9.44 Å². The SMILES string of the molecule is CC(C)(C)NS(=O)(=O)c1cc2c(s1)SNCC2O. The highest BCUT2D eigenvalue weighted by atomic mass is 32.3. The smallest absolute Gasteiger partial charge is 0.250 e. The van der Waals surface area contributed by atoms with Crippen molar-refractivity contribution in [2.75, 3.05) is 6.54 Å². The van der Waals surface area contributed by atoms with Gasteiger partial charge in [0.1, 0.15) is 4.21 Å². The molecule has 1 aliphatic rings. The molecule has 1 aromatic heterocycles. The van der Waals surface area contributed by atoms with Gasteiger partial charge in [0.15, 0.2) is 0 Å². The Balaban J connectivity index is 2.35. The summed E-state index contributed by atoms with van der Waals surface area (Å²) < 4.78 is 30.9. The van der Waals surface area contributed by atoms with Crippen molar-refractivity contribution in [1.29, 1.82) is 0 Å². The molecule has 0 spiro atoms. The summed E-state index contributed by atoms with van der Waals surface area (Å²) >= 11 is 2.54. The molecule has 3 N–H and O–H groups in total. The zero-order valence-electron chi connectivity index (χ0n) is 10.4. The molecule has 0 fully saturated rings. The van der Waals surface area contributed by atoms with E-state index in [1.54, 1.807) is 26.8 Å². The standard InChI is InChI=1S/C10H16N2O3S3/c1-10(2,3)12-18(14,15)8-4-6-7(13)5-11-17-9(6)16-8/h4,7,11-13H,5H2,1-3H3. The van der Waals surface area contributed by atoms with E-state index in [-0.39, 0.29) is 4.21 Å². The van der Waals surface area contributed by atoms with Gasteiger partial charge in [0.05, 0.1) is 10.3 Å². The molecule has 1 unspecified atom stereocenters. The number of nitrogens with one attached hydrogen (secondary N) is 2. The average molecular weight is 308 g/mol. The maximum atomic E-state index is 12.2. The van der Waals surface area contributed by atoms with Crippen molar-refractivity contribution in [3.8, 4) is 0 Å². The Morgan fingerprint density at radius 1 is 1.50 bits per heavy atom. The van der Waals surface area contributed by atoms with Gasteiger partial charge in [0, 0.05) is 17.6 Å². The number of hydrogen-bond donors (Lipinski definition) is 3. The first-order chi connectivity index (χ1) is 8.19. The normalized spacial score (nSPS) is 20.8. The third-order valence-electron chi connectivity index (χ3n) is 2.21. The molecular formula is C10H16N2O3S3. The summed E-state index contributed by atoms with van der Waals surface area (Å²) in [5.41, 5.74) is 0.172. The van der Waals surface area contributed by atoms with Crippen molar-refractivity contribution in [2.24, 2.45) is 0 Å². The molecule has 0 saturated heterocycles. The average Bonchev–Trinajstić information content (AvgIpc) is 2.59. The summed E-state index contributed by atoms with van der Waals surface area (Å²) in [5, 5.41) is 9.79. The van der Waals surface area contributed by atoms with E-state index in [0.29, 0.717) is 12.1 Å². The lowest BCUT2D eigenvalue weighted by atomic mass is 10.1. The number of thiophene rings is 1. The molecule has 0 saturated carbocycles. The van der Waals surface area contributed by atoms with Gasteiger partial charge in [-0.15, -0.1) is 11.3 Å². The molecule has 0 aliphatic carbocycles. The molecule has 0 bridgehead atoms. The van der Waals surface area contributed by atoms with E-state index in [1.807, 2.05) is 0 Å². The molecule has 18 heavy (non-hydrogen) atoms. The number of β-amino-alcohol motifs (C(OH)–C–C–N with tert-alkyl or cyclic N) is 1. The second kappa shape index (κ2) is 4.77. The van der Waals surface area contributed by atoms with Crippen molar-refractivity contribution in [3.05, 3.63) is 11.6 Å². The van der Waals surface area contributed by atoms with E-state index < -0.39 is 21.7 Å². The zero-order valence-corrected chi connectivity index (χ0v) is 12.8. The zero-order chi connectivity index (χ0) is 13.6. The molecule has 5 nitrogen and oxygen atoms in total. The molecule has 2 rings (SSSR count). The molecule has 1 aromatic rings. The highest BCUT2D eigenvalue weighted by Gasteiger charge is 2.28. The van der Waals surface area contributed by atoms with Crippen LogP contribution in [0.1, 0.15) is 32.4 Å². The number of aliphatic hydroxyl groups excluding tert-OH is 1. The molecule has 1 aliphatic heterocycles. The van der Waals surface area contributed by atoms with Crippen LogP contribution in [0.15, 0.2) is 14.5 Å². The van der Waals surface area contributed by atoms with Crippen LogP contribution < -0.4 is 9.44 Å². The van der Waals surface area contributed by atoms with Gasteiger partial charge < -0.3 is 5.11 Å². The Kier molecular flexibility index (Phi) is 3.79. The summed E-state index contributed by atoms with van der Waals surface area (Å²) in [6.07, 6.45) is -0.643. The fraction of sp³-hybridized carbons (Fsp3) is 0.600. The van der Waals surface area contributed by atoms with Crippen molar-refractivity contribution in [2.45, 2.75) is 40.8 Å². The van der Waals surface area contributed by atoms with Gasteiger partial charge in [-0.25, -0.2) is 13.1 Å². The van der Waals surface area contributed by atoms with Gasteiger partial charge in [-0.2, -0.15) is 0 Å². The number of fused-ring (bicyclic) bond motifs is 1. The Bertz CT molecular complexity index is 545. The van der Waals surface area contributed by atoms with Crippen LogP contribution in [0.5, 0.6) is 0 Å². The van der Waals surface area contributed by atoms with E-state index in [9.17, 15) is 13.5 Å². The quantitative estimate of drug-likeness (QED) is 0.721. The van der Waals surface area contributed by atoms with Crippen molar-refractivity contribution >= 4 is 33.3 Å². The largest absolute Gasteiger partial charge is 0.387 e. The Labute approximate surface area is 115 Å². The third kappa shape index (κ3) is 3.06. The molecule has 0 amide bonds. The molecule has 0 aromatic carbocycles. The lowest BCUT2D eigenvalue weighted by Gasteiger charge is -2.19. The van der Waals surface area contributed by atoms with Gasteiger partial charge in [0.25, 0.3) is 10.0 Å². The first kappa shape index (κ1) is 14.3. The minimum absolute atomic E-state index is 0.248. The maximum Gasteiger partial charge on any atom is 0.250 e. The lowest BCUT2D eigenvalue weighted by molar-refractivity contribution is 0.178. The predicted octanol–water partition coefficient (Wildman–Crippen LogP) is 1.47. The monoisotopic (exact) mass is 308 g/mol. The van der Waals surface area contributed by atoms with Gasteiger partial charge >= 0.3 is 0 Å². The van der Waals surface area contributed by atoms with Crippen molar-refractivity contribution in [3.63, 3.8) is 0 Å². The molecule has 2 heterocycles. The minimum atomic E-state index is -3.52. The van der Waals surface area contributed by atoms with E-state index in [4.69, 9.17) is 0 Å². The predicted molar refractivity (Wildman–Crippen MR) is 73.2 cm³/mol. The summed E-state index contributed by atoms with van der Waals surface area (Å²) in [4.78, 5) is 0. The van der Waals surface area contributed by atoms with Crippen LogP contribution >= 0.6 is 23.3 Å². The van der Waals surface area contributed by atoms with Crippen LogP contribution in [0.4, 0.5) is 0 Å². The molecule has 0 radical (unpaired) electrons. The summed E-state index contributed by atoms with van der Waals surface area (Å²) in [6.45, 7) is 5.82. The van der Waals surface area contributed by atoms with E-state index in [1.165, 1.54) is 23.3 Å². The Morgan fingerprint density at radius 2 is 2.17 bits per heavy atom. The highest BCUT2D eigenvalue weighted by molar-refractivity contribution is 8.00. The third-order valence-corrected chi connectivity index (χ3v) is 6.62. The number of sulfonamides is 1. The van der Waals surface area contributed by atoms with E-state index >= 15 is 0 Å². The van der Waals surface area contributed by atoms with Gasteiger partial charge in [0.2, 0.25) is 0 Å². The van der Waals surface area contributed by atoms with E-state index in [2.05, 4.69) is 9.44 Å². The van der Waals surface area contributed by atoms with Crippen LogP contribution in [-0.2, 0) is 10.0 Å². The van der Waals surface area contributed by atoms with Gasteiger partial charge in [-0.05, 0) is 38.8 Å². The van der Waals surface area contributed by atoms with Crippen LogP contribution in [0, 0.1) is 0 Å². The second-order valence-corrected chi connectivity index (χ2v) is 9.25. The van der Waals surface area contributed by atoms with E-state index in [0.717, 1.165) is 4.21 Å². The van der Waals surface area contributed by atoms with Gasteiger partial charge in [-0.1, -0.05) is 0 Å². The molecule has 8 heteroatoms. The topological polar surface area (TPSA) is 78.4 Å². The van der Waals surface area contributed by atoms with Crippen LogP contribution in [-0.4, -0.2) is 25.6 Å². The molecule has 102 valence electrons. The maximum absolute atomic E-state index is 12.2. The first-order valence-electron chi connectivity index (χ1n) is 5.44. The fourth-order valence-electron chi connectivity index (χ4n) is 1.56. The number of hydrogen-bond acceptors (Lipinski definition) is 6. The lowest BCUT2D eigenvalue weighted by Crippen LogP contribution is -2.40. The fourth-order valence-corrected chi connectivity index (χ4v) is 5.70. The summed E-state index contributed by atoms with van der Waals surface area (Å²) in [7, 11) is -3.52. The first-order valence-corrected chi connectivity index (χ1v) is 8.56. The highest BCUT2D eigenvalue weighted by Crippen LogP contribution is 2.39. The summed E-state index contributed by atoms with van der Waals surface area (Å²) in [5.74, 6) is 0. The summed E-state index contributed by atoms with van der Waals surface area (Å²) in [6, 6.07) is 1.56. The van der Waals surface area contributed by atoms with Crippen LogP contribution in [0.2, 0.25) is 0 Å². The molecular weight excluding hydrogens is 292 g/mol. The number of aliphatic hydroxyl groups is 1. The van der Waals surface area contributed by atoms with Gasteiger partial charge in [-0.3, -0.25) is 4.72 Å². The van der Waals surface area contributed by atoms with Crippen molar-refractivity contribution < 1.29 is 13.5 Å². The minimum Gasteiger partial charge on any atom is -0.387 e.